The van der Waals surface area contributed by atoms with Gasteiger partial charge in [0, 0.05) is 24.1 Å². The third kappa shape index (κ3) is 2.14. The number of likely N-dealkylation sites (N-methyl/N-ethyl adjacent to an activating group) is 1. The predicted molar refractivity (Wildman–Crippen MR) is 74.4 cm³/mol. The van der Waals surface area contributed by atoms with Crippen molar-refractivity contribution in [1.29, 1.82) is 0 Å². The number of hydrogen-bond donors (Lipinski definition) is 0. The second-order valence-corrected chi connectivity index (χ2v) is 5.16. The monoisotopic (exact) mass is 243 g/mol. The summed E-state index contributed by atoms with van der Waals surface area (Å²) in [4.78, 5) is 14.8. The lowest BCUT2D eigenvalue weighted by molar-refractivity contribution is -0.117. The van der Waals surface area contributed by atoms with Gasteiger partial charge in [0.1, 0.15) is 0 Å². The Bertz CT molecular complexity index is 471. The van der Waals surface area contributed by atoms with E-state index >= 15 is 0 Å². The third-order valence-corrected chi connectivity index (χ3v) is 4.40. The van der Waals surface area contributed by atoms with Gasteiger partial charge >= 0.3 is 0 Å². The fourth-order valence-electron chi connectivity index (χ4n) is 2.93. The van der Waals surface area contributed by atoms with Crippen LogP contribution in [0.25, 0.3) is 0 Å². The van der Waals surface area contributed by atoms with E-state index in [9.17, 15) is 4.79 Å². The van der Waals surface area contributed by atoms with Gasteiger partial charge in [-0.25, -0.2) is 0 Å². The van der Waals surface area contributed by atoms with Gasteiger partial charge in [0.2, 0.25) is 0 Å². The number of likely N-dealkylation sites (tertiary alicyclic amines) is 1. The number of hydrogen-bond acceptors (Lipinski definition) is 2. The van der Waals surface area contributed by atoms with E-state index in [2.05, 4.69) is 31.5 Å². The summed E-state index contributed by atoms with van der Waals surface area (Å²) in [6.45, 7) is 5.19. The molecule has 2 nitrogen and oxygen atoms in total. The molecule has 0 aromatic rings. The van der Waals surface area contributed by atoms with Gasteiger partial charge in [-0.3, -0.25) is 9.69 Å². The summed E-state index contributed by atoms with van der Waals surface area (Å²) in [6, 6.07) is 0. The SMILES string of the molecule is CCC1(CC)CC(=O)C2=CC=C=CC=C2CN1C. The molecule has 0 N–H and O–H groups in total. The van der Waals surface area contributed by atoms with Crippen LogP contribution >= 0.6 is 0 Å². The van der Waals surface area contributed by atoms with E-state index in [1.807, 2.05) is 24.3 Å². The zero-order valence-corrected chi connectivity index (χ0v) is 11.5. The fraction of sp³-hybridized carbons (Fsp3) is 0.500. The lowest BCUT2D eigenvalue weighted by atomic mass is 9.85. The highest BCUT2D eigenvalue weighted by Gasteiger charge is 2.38. The maximum absolute atomic E-state index is 12.5. The first-order valence-electron chi connectivity index (χ1n) is 6.69. The standard InChI is InChI=1S/C16H21NO/c1-4-16(5-2)11-15(18)14-10-8-6-7-9-13(14)12-17(16)3/h7-10H,4-5,11-12H2,1-3H3. The number of nitrogens with zero attached hydrogens (tertiary/aromatic N) is 1. The molecule has 2 heteroatoms. The molecule has 0 aromatic carbocycles. The van der Waals surface area contributed by atoms with E-state index in [0.717, 1.165) is 30.5 Å². The minimum atomic E-state index is 0.0123. The molecule has 1 fully saturated rings. The van der Waals surface area contributed by atoms with E-state index < -0.39 is 0 Å². The highest BCUT2D eigenvalue weighted by atomic mass is 16.1. The van der Waals surface area contributed by atoms with Crippen molar-refractivity contribution in [2.45, 2.75) is 38.6 Å². The van der Waals surface area contributed by atoms with Crippen molar-refractivity contribution in [3.05, 3.63) is 41.2 Å². The van der Waals surface area contributed by atoms with Gasteiger partial charge in [-0.05, 0) is 49.8 Å². The van der Waals surface area contributed by atoms with E-state index in [0.29, 0.717) is 6.42 Å². The summed E-state index contributed by atoms with van der Waals surface area (Å²) in [5.74, 6) is 0.266. The number of carbonyl (C=O) groups excluding carboxylic acids is 1. The first-order valence-corrected chi connectivity index (χ1v) is 6.69. The van der Waals surface area contributed by atoms with Crippen LogP contribution in [0.1, 0.15) is 33.1 Å². The van der Waals surface area contributed by atoms with E-state index in [4.69, 9.17) is 0 Å². The minimum Gasteiger partial charge on any atom is -0.296 e. The van der Waals surface area contributed by atoms with Crippen LogP contribution in [0.4, 0.5) is 0 Å². The summed E-state index contributed by atoms with van der Waals surface area (Å²) in [7, 11) is 2.13. The Labute approximate surface area is 109 Å². The zero-order chi connectivity index (χ0) is 13.2. The largest absolute Gasteiger partial charge is 0.296 e. The Morgan fingerprint density at radius 1 is 1.28 bits per heavy atom. The van der Waals surface area contributed by atoms with Crippen LogP contribution in [0, 0.1) is 0 Å². The Balaban J connectivity index is 2.43. The molecular formula is C16H21NO. The lowest BCUT2D eigenvalue weighted by Crippen LogP contribution is -2.46. The van der Waals surface area contributed by atoms with Crippen molar-refractivity contribution >= 4 is 5.78 Å². The molecule has 18 heavy (non-hydrogen) atoms. The van der Waals surface area contributed by atoms with Crippen LogP contribution in [-0.4, -0.2) is 29.8 Å². The van der Waals surface area contributed by atoms with Gasteiger partial charge in [0.15, 0.2) is 5.78 Å². The minimum absolute atomic E-state index is 0.0123. The normalized spacial score (nSPS) is 22.9. The highest BCUT2D eigenvalue weighted by molar-refractivity contribution is 6.01. The average molecular weight is 243 g/mol. The first-order chi connectivity index (χ1) is 8.63. The van der Waals surface area contributed by atoms with Crippen LogP contribution in [0.2, 0.25) is 0 Å². The molecule has 0 spiro atoms. The molecule has 96 valence electrons. The smallest absolute Gasteiger partial charge is 0.165 e. The van der Waals surface area contributed by atoms with Crippen molar-refractivity contribution < 1.29 is 4.79 Å². The van der Waals surface area contributed by atoms with E-state index in [-0.39, 0.29) is 11.3 Å². The molecule has 2 rings (SSSR count). The number of carbonyl (C=O) groups is 1. The number of allylic oxidation sites excluding steroid dienone is 3. The lowest BCUT2D eigenvalue weighted by Gasteiger charge is -2.39. The second-order valence-electron chi connectivity index (χ2n) is 5.16. The van der Waals surface area contributed by atoms with Crippen molar-refractivity contribution in [1.82, 2.24) is 4.90 Å². The van der Waals surface area contributed by atoms with Crippen LogP contribution in [0.5, 0.6) is 0 Å². The highest BCUT2D eigenvalue weighted by Crippen LogP contribution is 2.34. The van der Waals surface area contributed by atoms with Crippen LogP contribution in [0.3, 0.4) is 0 Å². The van der Waals surface area contributed by atoms with Gasteiger partial charge in [-0.1, -0.05) is 13.8 Å². The number of Topliss-reactive ketones (excluding diaryl/α,β-unsaturated/α-hetero) is 1. The van der Waals surface area contributed by atoms with Gasteiger partial charge in [0.05, 0.1) is 0 Å². The average Bonchev–Trinajstić information content (AvgIpc) is 2.65. The van der Waals surface area contributed by atoms with Gasteiger partial charge in [0.25, 0.3) is 0 Å². The van der Waals surface area contributed by atoms with E-state index in [1.54, 1.807) is 0 Å². The quantitative estimate of drug-likeness (QED) is 0.695. The van der Waals surface area contributed by atoms with E-state index in [1.165, 1.54) is 0 Å². The Kier molecular flexibility index (Phi) is 3.70. The molecule has 1 aliphatic heterocycles. The van der Waals surface area contributed by atoms with Crippen LogP contribution < -0.4 is 0 Å². The molecule has 0 amide bonds. The van der Waals surface area contributed by atoms with Gasteiger partial charge < -0.3 is 0 Å². The van der Waals surface area contributed by atoms with Gasteiger partial charge in [-0.2, -0.15) is 0 Å². The third-order valence-electron chi connectivity index (χ3n) is 4.40. The van der Waals surface area contributed by atoms with Crippen LogP contribution in [0.15, 0.2) is 41.2 Å². The summed E-state index contributed by atoms with van der Waals surface area (Å²) in [6.07, 6.45) is 10.3. The van der Waals surface area contributed by atoms with Gasteiger partial charge in [-0.15, -0.1) is 5.73 Å². The molecule has 0 bridgehead atoms. The molecule has 0 saturated carbocycles. The fourth-order valence-corrected chi connectivity index (χ4v) is 2.93. The summed E-state index contributed by atoms with van der Waals surface area (Å²) in [5.41, 5.74) is 5.03. The molecule has 1 aliphatic carbocycles. The zero-order valence-electron chi connectivity index (χ0n) is 11.5. The molecule has 0 aromatic heterocycles. The topological polar surface area (TPSA) is 20.3 Å². The summed E-state index contributed by atoms with van der Waals surface area (Å²) in [5, 5.41) is 0. The summed E-state index contributed by atoms with van der Waals surface area (Å²) < 4.78 is 0. The Morgan fingerprint density at radius 3 is 2.61 bits per heavy atom. The molecule has 1 heterocycles. The maximum Gasteiger partial charge on any atom is 0.165 e. The number of ketones is 1. The van der Waals surface area contributed by atoms with Crippen molar-refractivity contribution in [3.8, 4) is 0 Å². The molecule has 1 saturated heterocycles. The molecule has 0 atom stereocenters. The van der Waals surface area contributed by atoms with Crippen molar-refractivity contribution in [2.75, 3.05) is 13.6 Å². The number of rotatable bonds is 2. The second kappa shape index (κ2) is 5.09. The predicted octanol–water partition coefficient (Wildman–Crippen LogP) is 3.03. The molecule has 2 aliphatic rings. The maximum atomic E-state index is 12.5. The Hall–Kier alpha value is -1.37. The molecular weight excluding hydrogens is 222 g/mol. The summed E-state index contributed by atoms with van der Waals surface area (Å²) >= 11 is 0. The molecule has 0 unspecified atom stereocenters. The number of fused-ring (bicyclic) bond motifs is 1. The van der Waals surface area contributed by atoms with Crippen LogP contribution in [-0.2, 0) is 4.79 Å². The van der Waals surface area contributed by atoms with Crippen molar-refractivity contribution in [3.63, 3.8) is 0 Å². The van der Waals surface area contributed by atoms with Crippen molar-refractivity contribution in [2.24, 2.45) is 0 Å². The first kappa shape index (κ1) is 13.1. The molecule has 0 radical (unpaired) electrons. The Morgan fingerprint density at radius 2 is 1.94 bits per heavy atom.